The Balaban J connectivity index is 1.61. The van der Waals surface area contributed by atoms with E-state index in [0.717, 1.165) is 11.3 Å². The van der Waals surface area contributed by atoms with E-state index in [-0.39, 0.29) is 17.4 Å². The first-order valence-corrected chi connectivity index (χ1v) is 7.09. The van der Waals surface area contributed by atoms with Gasteiger partial charge in [0.25, 0.3) is 5.91 Å². The van der Waals surface area contributed by atoms with Crippen LogP contribution in [0.2, 0.25) is 0 Å². The second-order valence-electron chi connectivity index (χ2n) is 5.15. The van der Waals surface area contributed by atoms with E-state index in [9.17, 15) is 14.0 Å². The normalized spacial score (nSPS) is 16.0. The molecule has 2 amide bonds. The lowest BCUT2D eigenvalue weighted by atomic mass is 9.97. The van der Waals surface area contributed by atoms with Crippen LogP contribution in [-0.2, 0) is 4.79 Å². The Morgan fingerprint density at radius 2 is 1.86 bits per heavy atom. The molecule has 22 heavy (non-hydrogen) atoms. The number of hydrogen-bond donors (Lipinski definition) is 2. The SMILES string of the molecule is O=C(NCCC1C(=O)Nc2ccccc21)c1ccccc1F. The molecule has 0 saturated heterocycles. The molecule has 0 bridgehead atoms. The summed E-state index contributed by atoms with van der Waals surface area (Å²) < 4.78 is 13.5. The predicted molar refractivity (Wildman–Crippen MR) is 81.2 cm³/mol. The third-order valence-corrected chi connectivity index (χ3v) is 3.75. The summed E-state index contributed by atoms with van der Waals surface area (Å²) in [5.74, 6) is -1.37. The van der Waals surface area contributed by atoms with E-state index in [1.165, 1.54) is 18.2 Å². The number of amides is 2. The molecule has 5 heteroatoms. The molecule has 3 rings (SSSR count). The van der Waals surface area contributed by atoms with E-state index < -0.39 is 11.7 Å². The second-order valence-corrected chi connectivity index (χ2v) is 5.15. The third-order valence-electron chi connectivity index (χ3n) is 3.75. The summed E-state index contributed by atoms with van der Waals surface area (Å²) in [5, 5.41) is 5.47. The van der Waals surface area contributed by atoms with Crippen molar-refractivity contribution in [1.82, 2.24) is 5.32 Å². The quantitative estimate of drug-likeness (QED) is 0.911. The maximum atomic E-state index is 13.5. The van der Waals surface area contributed by atoms with Crippen molar-refractivity contribution in [3.63, 3.8) is 0 Å². The van der Waals surface area contributed by atoms with Crippen molar-refractivity contribution >= 4 is 17.5 Å². The number of para-hydroxylation sites is 1. The van der Waals surface area contributed by atoms with Gasteiger partial charge in [-0.1, -0.05) is 30.3 Å². The topological polar surface area (TPSA) is 58.2 Å². The van der Waals surface area contributed by atoms with E-state index in [1.807, 2.05) is 24.3 Å². The molecule has 2 aromatic carbocycles. The monoisotopic (exact) mass is 298 g/mol. The highest BCUT2D eigenvalue weighted by atomic mass is 19.1. The standard InChI is InChI=1S/C17H15FN2O2/c18-14-7-3-1-6-13(14)16(21)19-10-9-12-11-5-2-4-8-15(11)20-17(12)22/h1-8,12H,9-10H2,(H,19,21)(H,20,22). The van der Waals surface area contributed by atoms with Gasteiger partial charge in [0.2, 0.25) is 5.91 Å². The Kier molecular flexibility index (Phi) is 3.87. The van der Waals surface area contributed by atoms with Crippen LogP contribution in [0.5, 0.6) is 0 Å². The minimum absolute atomic E-state index is 0.0128. The molecular weight excluding hydrogens is 283 g/mol. The molecule has 1 aliphatic heterocycles. The third kappa shape index (κ3) is 2.70. The molecule has 0 aromatic heterocycles. The van der Waals surface area contributed by atoms with Crippen molar-refractivity contribution in [2.45, 2.75) is 12.3 Å². The molecule has 1 unspecified atom stereocenters. The lowest BCUT2D eigenvalue weighted by Crippen LogP contribution is -2.27. The van der Waals surface area contributed by atoms with Crippen molar-refractivity contribution in [2.75, 3.05) is 11.9 Å². The van der Waals surface area contributed by atoms with E-state index in [0.29, 0.717) is 13.0 Å². The largest absolute Gasteiger partial charge is 0.352 e. The van der Waals surface area contributed by atoms with Crippen molar-refractivity contribution < 1.29 is 14.0 Å². The second kappa shape index (κ2) is 5.97. The zero-order valence-corrected chi connectivity index (χ0v) is 11.8. The summed E-state index contributed by atoms with van der Waals surface area (Å²) in [6, 6.07) is 13.3. The Labute approximate surface area is 127 Å². The van der Waals surface area contributed by atoms with Gasteiger partial charge in [-0.25, -0.2) is 4.39 Å². The molecule has 0 radical (unpaired) electrons. The molecule has 1 aliphatic rings. The van der Waals surface area contributed by atoms with Crippen LogP contribution < -0.4 is 10.6 Å². The van der Waals surface area contributed by atoms with Crippen molar-refractivity contribution in [3.05, 3.63) is 65.5 Å². The average molecular weight is 298 g/mol. The van der Waals surface area contributed by atoms with Crippen molar-refractivity contribution in [2.24, 2.45) is 0 Å². The number of nitrogens with one attached hydrogen (secondary N) is 2. The highest BCUT2D eigenvalue weighted by molar-refractivity contribution is 6.02. The van der Waals surface area contributed by atoms with E-state index in [4.69, 9.17) is 0 Å². The highest BCUT2D eigenvalue weighted by Crippen LogP contribution is 2.33. The van der Waals surface area contributed by atoms with Gasteiger partial charge in [0, 0.05) is 12.2 Å². The number of fused-ring (bicyclic) bond motifs is 1. The first kappa shape index (κ1) is 14.3. The van der Waals surface area contributed by atoms with Gasteiger partial charge >= 0.3 is 0 Å². The first-order chi connectivity index (χ1) is 10.7. The summed E-state index contributed by atoms with van der Waals surface area (Å²) in [7, 11) is 0. The van der Waals surface area contributed by atoms with Gasteiger partial charge in [-0.2, -0.15) is 0 Å². The average Bonchev–Trinajstić information content (AvgIpc) is 2.83. The fraction of sp³-hybridized carbons (Fsp3) is 0.176. The fourth-order valence-corrected chi connectivity index (χ4v) is 2.63. The number of benzene rings is 2. The zero-order chi connectivity index (χ0) is 15.5. The van der Waals surface area contributed by atoms with Crippen LogP contribution in [0.15, 0.2) is 48.5 Å². The summed E-state index contributed by atoms with van der Waals surface area (Å²) >= 11 is 0. The number of halogens is 1. The smallest absolute Gasteiger partial charge is 0.254 e. The molecule has 1 heterocycles. The summed E-state index contributed by atoms with van der Waals surface area (Å²) in [6.45, 7) is 0.305. The van der Waals surface area contributed by atoms with E-state index >= 15 is 0 Å². The highest BCUT2D eigenvalue weighted by Gasteiger charge is 2.29. The predicted octanol–water partition coefficient (Wildman–Crippen LogP) is 2.68. The zero-order valence-electron chi connectivity index (χ0n) is 11.8. The molecule has 0 saturated carbocycles. The van der Waals surface area contributed by atoms with Crippen LogP contribution in [0.25, 0.3) is 0 Å². The summed E-state index contributed by atoms with van der Waals surface area (Å²) in [4.78, 5) is 23.9. The maximum absolute atomic E-state index is 13.5. The minimum Gasteiger partial charge on any atom is -0.352 e. The molecule has 4 nitrogen and oxygen atoms in total. The van der Waals surface area contributed by atoms with Gasteiger partial charge in [0.1, 0.15) is 5.82 Å². The number of carbonyl (C=O) groups excluding carboxylic acids is 2. The fourth-order valence-electron chi connectivity index (χ4n) is 2.63. The Bertz CT molecular complexity index is 730. The van der Waals surface area contributed by atoms with Gasteiger partial charge in [0.05, 0.1) is 11.5 Å². The van der Waals surface area contributed by atoms with Crippen molar-refractivity contribution in [3.8, 4) is 0 Å². The van der Waals surface area contributed by atoms with Crippen LogP contribution in [0.1, 0.15) is 28.3 Å². The minimum atomic E-state index is -0.552. The molecule has 2 N–H and O–H groups in total. The van der Waals surface area contributed by atoms with Crippen molar-refractivity contribution in [1.29, 1.82) is 0 Å². The Morgan fingerprint density at radius 3 is 2.68 bits per heavy atom. The molecule has 112 valence electrons. The summed E-state index contributed by atoms with van der Waals surface area (Å²) in [6.07, 6.45) is 0.475. The van der Waals surface area contributed by atoms with Crippen LogP contribution in [0, 0.1) is 5.82 Å². The molecule has 2 aromatic rings. The molecule has 0 aliphatic carbocycles. The number of anilines is 1. The molecule has 1 atom stereocenters. The van der Waals surface area contributed by atoms with Gasteiger partial charge in [-0.3, -0.25) is 9.59 Å². The Hall–Kier alpha value is -2.69. The lowest BCUT2D eigenvalue weighted by molar-refractivity contribution is -0.117. The lowest BCUT2D eigenvalue weighted by Gasteiger charge is -2.10. The first-order valence-electron chi connectivity index (χ1n) is 7.09. The number of rotatable bonds is 4. The van der Waals surface area contributed by atoms with Crippen LogP contribution in [0.4, 0.5) is 10.1 Å². The van der Waals surface area contributed by atoms with Gasteiger partial charge in [0.15, 0.2) is 0 Å². The van der Waals surface area contributed by atoms with Crippen LogP contribution >= 0.6 is 0 Å². The number of carbonyl (C=O) groups is 2. The van der Waals surface area contributed by atoms with Crippen LogP contribution in [0.3, 0.4) is 0 Å². The van der Waals surface area contributed by atoms with Crippen LogP contribution in [-0.4, -0.2) is 18.4 Å². The molecule has 0 spiro atoms. The van der Waals surface area contributed by atoms with Gasteiger partial charge in [-0.05, 0) is 30.2 Å². The molecular formula is C17H15FN2O2. The summed E-state index contributed by atoms with van der Waals surface area (Å²) in [5.41, 5.74) is 1.77. The molecule has 0 fully saturated rings. The number of hydrogen-bond acceptors (Lipinski definition) is 2. The van der Waals surface area contributed by atoms with E-state index in [1.54, 1.807) is 6.07 Å². The van der Waals surface area contributed by atoms with Gasteiger partial charge < -0.3 is 10.6 Å². The Morgan fingerprint density at radius 1 is 1.14 bits per heavy atom. The van der Waals surface area contributed by atoms with Gasteiger partial charge in [-0.15, -0.1) is 0 Å². The maximum Gasteiger partial charge on any atom is 0.254 e. The van der Waals surface area contributed by atoms with E-state index in [2.05, 4.69) is 10.6 Å².